The van der Waals surface area contributed by atoms with Gasteiger partial charge in [0.25, 0.3) is 0 Å². The van der Waals surface area contributed by atoms with Crippen LogP contribution in [0, 0.1) is 6.92 Å². The van der Waals surface area contributed by atoms with Gasteiger partial charge >= 0.3 is 0 Å². The predicted molar refractivity (Wildman–Crippen MR) is 119 cm³/mol. The fraction of sp³-hybridized carbons (Fsp3) is 0.333. The predicted octanol–water partition coefficient (Wildman–Crippen LogP) is 2.10. The number of nitrogens with one attached hydrogen (secondary N) is 3. The molecule has 0 fully saturated rings. The van der Waals surface area contributed by atoms with Crippen LogP contribution >= 0.6 is 0 Å². The summed E-state index contributed by atoms with van der Waals surface area (Å²) >= 11 is 0. The first-order valence-electron chi connectivity index (χ1n) is 9.43. The van der Waals surface area contributed by atoms with Gasteiger partial charge in [-0.25, -0.2) is 8.42 Å². The number of anilines is 1. The largest absolute Gasteiger partial charge is 0.492 e. The van der Waals surface area contributed by atoms with E-state index in [2.05, 4.69) is 20.9 Å². The second-order valence-electron chi connectivity index (χ2n) is 6.78. The summed E-state index contributed by atoms with van der Waals surface area (Å²) in [5, 5.41) is 9.06. The Kier molecular flexibility index (Phi) is 8.23. The highest BCUT2D eigenvalue weighted by Gasteiger charge is 2.11. The molecule has 0 aliphatic heterocycles. The summed E-state index contributed by atoms with van der Waals surface area (Å²) in [6.45, 7) is 4.68. The number of carbonyl (C=O) groups excluding carboxylic acids is 1. The first-order chi connectivity index (χ1) is 14.2. The highest BCUT2D eigenvalue weighted by atomic mass is 32.2. The zero-order chi connectivity index (χ0) is 22.1. The average Bonchev–Trinajstić information content (AvgIpc) is 2.66. The van der Waals surface area contributed by atoms with Crippen LogP contribution in [0.3, 0.4) is 0 Å². The van der Waals surface area contributed by atoms with E-state index in [1.807, 2.05) is 18.2 Å². The molecular formula is C21H28N4O4S. The van der Waals surface area contributed by atoms with Crippen molar-refractivity contribution in [1.29, 1.82) is 0 Å². The molecule has 0 aliphatic rings. The molecule has 162 valence electrons. The molecule has 0 aromatic heterocycles. The Morgan fingerprint density at radius 1 is 1.13 bits per heavy atom. The molecule has 0 heterocycles. The van der Waals surface area contributed by atoms with Crippen LogP contribution in [0.25, 0.3) is 0 Å². The Bertz CT molecular complexity index is 1020. The Labute approximate surface area is 177 Å². The van der Waals surface area contributed by atoms with E-state index >= 15 is 0 Å². The minimum Gasteiger partial charge on any atom is -0.492 e. The molecule has 0 saturated heterocycles. The molecule has 2 rings (SSSR count). The molecule has 1 amide bonds. The number of ether oxygens (including phenoxy) is 1. The van der Waals surface area contributed by atoms with Crippen LogP contribution in [0.4, 0.5) is 5.69 Å². The first-order valence-corrected chi connectivity index (χ1v) is 11.3. The maximum Gasteiger partial charge on any atom is 0.221 e. The molecule has 0 saturated carbocycles. The first kappa shape index (κ1) is 23.2. The van der Waals surface area contributed by atoms with Crippen LogP contribution in [0.1, 0.15) is 18.1 Å². The number of aliphatic imine (C=N–C) groups is 1. The quantitative estimate of drug-likeness (QED) is 0.335. The van der Waals surface area contributed by atoms with E-state index in [0.717, 1.165) is 11.1 Å². The van der Waals surface area contributed by atoms with Crippen molar-refractivity contribution >= 4 is 27.4 Å². The number of amides is 1. The van der Waals surface area contributed by atoms with Crippen molar-refractivity contribution in [2.75, 3.05) is 31.8 Å². The maximum absolute atomic E-state index is 11.7. The standard InChI is InChI=1S/C21H28N4O4S/c1-15-12-17(8-9-20(15)30(4,27)28)14-24-21(22-3)23-10-11-29-19-7-5-6-18(13-19)25-16(2)26/h5-9,12-13H,10-11,14H2,1-4H3,(H,25,26)(H2,22,23,24). The lowest BCUT2D eigenvalue weighted by Gasteiger charge is -2.14. The molecular weight excluding hydrogens is 404 g/mol. The second-order valence-corrected chi connectivity index (χ2v) is 8.77. The van der Waals surface area contributed by atoms with Crippen molar-refractivity contribution in [3.8, 4) is 5.75 Å². The van der Waals surface area contributed by atoms with Crippen LogP contribution in [0.2, 0.25) is 0 Å². The van der Waals surface area contributed by atoms with Gasteiger partial charge in [-0.05, 0) is 36.2 Å². The van der Waals surface area contributed by atoms with Gasteiger partial charge in [-0.3, -0.25) is 9.79 Å². The van der Waals surface area contributed by atoms with E-state index in [1.54, 1.807) is 38.2 Å². The van der Waals surface area contributed by atoms with E-state index < -0.39 is 9.84 Å². The molecule has 0 aliphatic carbocycles. The van der Waals surface area contributed by atoms with Gasteiger partial charge in [0, 0.05) is 38.5 Å². The third kappa shape index (κ3) is 7.40. The Hall–Kier alpha value is -3.07. The molecule has 0 spiro atoms. The van der Waals surface area contributed by atoms with E-state index in [0.29, 0.717) is 42.0 Å². The number of guanidine groups is 1. The van der Waals surface area contributed by atoms with Gasteiger partial charge in [-0.2, -0.15) is 0 Å². The molecule has 0 bridgehead atoms. The molecule has 3 N–H and O–H groups in total. The summed E-state index contributed by atoms with van der Waals surface area (Å²) in [4.78, 5) is 15.6. The average molecular weight is 433 g/mol. The molecule has 0 radical (unpaired) electrons. The third-order valence-electron chi connectivity index (χ3n) is 4.14. The minimum atomic E-state index is -3.22. The molecule has 2 aromatic rings. The van der Waals surface area contributed by atoms with Gasteiger partial charge in [-0.15, -0.1) is 0 Å². The van der Waals surface area contributed by atoms with Gasteiger partial charge < -0.3 is 20.7 Å². The number of hydrogen-bond acceptors (Lipinski definition) is 5. The van der Waals surface area contributed by atoms with Crippen molar-refractivity contribution in [2.45, 2.75) is 25.3 Å². The highest BCUT2D eigenvalue weighted by molar-refractivity contribution is 7.90. The lowest BCUT2D eigenvalue weighted by atomic mass is 10.1. The van der Waals surface area contributed by atoms with Crippen LogP contribution in [0.15, 0.2) is 52.4 Å². The summed E-state index contributed by atoms with van der Waals surface area (Å²) < 4.78 is 29.1. The van der Waals surface area contributed by atoms with Crippen molar-refractivity contribution in [3.63, 3.8) is 0 Å². The normalized spacial score (nSPS) is 11.7. The Balaban J connectivity index is 1.80. The maximum atomic E-state index is 11.7. The lowest BCUT2D eigenvalue weighted by molar-refractivity contribution is -0.114. The van der Waals surface area contributed by atoms with Gasteiger partial charge in [0.05, 0.1) is 11.4 Å². The van der Waals surface area contributed by atoms with E-state index in [-0.39, 0.29) is 5.91 Å². The summed E-state index contributed by atoms with van der Waals surface area (Å²) in [5.74, 6) is 1.13. The van der Waals surface area contributed by atoms with Crippen LogP contribution < -0.4 is 20.7 Å². The zero-order valence-electron chi connectivity index (χ0n) is 17.7. The number of benzene rings is 2. The van der Waals surface area contributed by atoms with Gasteiger partial charge in [0.15, 0.2) is 15.8 Å². The summed E-state index contributed by atoms with van der Waals surface area (Å²) in [7, 11) is -1.55. The SMILES string of the molecule is CN=C(NCCOc1cccc(NC(C)=O)c1)NCc1ccc(S(C)(=O)=O)c(C)c1. The minimum absolute atomic E-state index is 0.134. The summed E-state index contributed by atoms with van der Waals surface area (Å²) in [6.07, 6.45) is 1.21. The van der Waals surface area contributed by atoms with E-state index in [1.165, 1.54) is 13.2 Å². The fourth-order valence-electron chi connectivity index (χ4n) is 2.85. The Morgan fingerprint density at radius 3 is 2.53 bits per heavy atom. The summed E-state index contributed by atoms with van der Waals surface area (Å²) in [5.41, 5.74) is 2.35. The van der Waals surface area contributed by atoms with E-state index in [4.69, 9.17) is 4.74 Å². The smallest absolute Gasteiger partial charge is 0.221 e. The van der Waals surface area contributed by atoms with Gasteiger partial charge in [0.1, 0.15) is 12.4 Å². The number of carbonyl (C=O) groups is 1. The number of aryl methyl sites for hydroxylation is 1. The molecule has 0 unspecified atom stereocenters. The van der Waals surface area contributed by atoms with Crippen molar-refractivity contribution in [3.05, 3.63) is 53.6 Å². The Morgan fingerprint density at radius 2 is 1.90 bits per heavy atom. The molecule has 30 heavy (non-hydrogen) atoms. The second kappa shape index (κ2) is 10.6. The van der Waals surface area contributed by atoms with Gasteiger partial charge in [0.2, 0.25) is 5.91 Å². The monoisotopic (exact) mass is 432 g/mol. The van der Waals surface area contributed by atoms with Crippen LogP contribution in [-0.2, 0) is 21.2 Å². The number of nitrogens with zero attached hydrogens (tertiary/aromatic N) is 1. The van der Waals surface area contributed by atoms with E-state index in [9.17, 15) is 13.2 Å². The lowest BCUT2D eigenvalue weighted by Crippen LogP contribution is -2.38. The van der Waals surface area contributed by atoms with Gasteiger partial charge in [-0.1, -0.05) is 18.2 Å². The van der Waals surface area contributed by atoms with Crippen LogP contribution in [-0.4, -0.2) is 46.7 Å². The molecule has 2 aromatic carbocycles. The fourth-order valence-corrected chi connectivity index (χ4v) is 3.81. The van der Waals surface area contributed by atoms with Crippen molar-refractivity contribution < 1.29 is 17.9 Å². The summed E-state index contributed by atoms with van der Waals surface area (Å²) in [6, 6.07) is 12.4. The molecule has 9 heteroatoms. The number of sulfone groups is 1. The topological polar surface area (TPSA) is 109 Å². The third-order valence-corrected chi connectivity index (χ3v) is 5.40. The molecule has 0 atom stereocenters. The van der Waals surface area contributed by atoms with Crippen molar-refractivity contribution in [2.24, 2.45) is 4.99 Å². The zero-order valence-corrected chi connectivity index (χ0v) is 18.5. The number of rotatable bonds is 8. The van der Waals surface area contributed by atoms with Crippen molar-refractivity contribution in [1.82, 2.24) is 10.6 Å². The number of hydrogen-bond donors (Lipinski definition) is 3. The highest BCUT2D eigenvalue weighted by Crippen LogP contribution is 2.17. The van der Waals surface area contributed by atoms with Crippen LogP contribution in [0.5, 0.6) is 5.75 Å². The molecule has 8 nitrogen and oxygen atoms in total.